The van der Waals surface area contributed by atoms with Crippen LogP contribution in [0.2, 0.25) is 0 Å². The van der Waals surface area contributed by atoms with Crippen LogP contribution in [0.15, 0.2) is 36.5 Å². The van der Waals surface area contributed by atoms with Crippen LogP contribution >= 0.6 is 0 Å². The van der Waals surface area contributed by atoms with Crippen LogP contribution < -0.4 is 5.73 Å². The van der Waals surface area contributed by atoms with Gasteiger partial charge in [0.05, 0.1) is 5.69 Å². The lowest BCUT2D eigenvalue weighted by Crippen LogP contribution is -2.28. The molecule has 0 saturated carbocycles. The van der Waals surface area contributed by atoms with Crippen molar-refractivity contribution in [1.29, 1.82) is 0 Å². The van der Waals surface area contributed by atoms with Crippen LogP contribution in [0.3, 0.4) is 0 Å². The van der Waals surface area contributed by atoms with Crippen molar-refractivity contribution in [2.24, 2.45) is 5.92 Å². The van der Waals surface area contributed by atoms with Gasteiger partial charge in [0.25, 0.3) is 5.91 Å². The molecule has 0 radical (unpaired) electrons. The van der Waals surface area contributed by atoms with Crippen LogP contribution in [0.5, 0.6) is 0 Å². The van der Waals surface area contributed by atoms with Crippen LogP contribution in [0.1, 0.15) is 30.8 Å². The molecule has 0 saturated heterocycles. The van der Waals surface area contributed by atoms with E-state index in [1.165, 1.54) is 0 Å². The monoisotopic (exact) mass is 286 g/mol. The molecule has 0 aliphatic heterocycles. The first kappa shape index (κ1) is 15.1. The number of amides is 1. The molecule has 2 rings (SSSR count). The van der Waals surface area contributed by atoms with Gasteiger partial charge in [0, 0.05) is 25.5 Å². The molecule has 0 atom stereocenters. The predicted molar refractivity (Wildman–Crippen MR) is 84.4 cm³/mol. The molecular weight excluding hydrogens is 264 g/mol. The van der Waals surface area contributed by atoms with Crippen molar-refractivity contribution < 1.29 is 4.79 Å². The maximum atomic E-state index is 12.3. The molecule has 0 aliphatic carbocycles. The number of nitrogens with two attached hydrogens (primary N) is 1. The number of hydrogen-bond donors (Lipinski definition) is 1. The first-order valence-electron chi connectivity index (χ1n) is 7.14. The normalized spacial score (nSPS) is 10.9. The van der Waals surface area contributed by atoms with Gasteiger partial charge >= 0.3 is 0 Å². The number of rotatable bonds is 5. The SMILES string of the molecule is CC(C)CCN(C)C(=O)c1ccn(-c2cccc(N)c2)n1. The van der Waals surface area contributed by atoms with Gasteiger partial charge in [-0.15, -0.1) is 0 Å². The Bertz CT molecular complexity index is 618. The largest absolute Gasteiger partial charge is 0.399 e. The van der Waals surface area contributed by atoms with Gasteiger partial charge in [0.15, 0.2) is 5.69 Å². The fourth-order valence-electron chi connectivity index (χ4n) is 2.00. The molecule has 1 amide bonds. The van der Waals surface area contributed by atoms with E-state index in [0.717, 1.165) is 18.7 Å². The summed E-state index contributed by atoms with van der Waals surface area (Å²) < 4.78 is 1.67. The quantitative estimate of drug-likeness (QED) is 0.859. The first-order valence-corrected chi connectivity index (χ1v) is 7.14. The summed E-state index contributed by atoms with van der Waals surface area (Å²) in [4.78, 5) is 14.0. The molecule has 0 unspecified atom stereocenters. The van der Waals surface area contributed by atoms with E-state index in [1.807, 2.05) is 31.3 Å². The standard InChI is InChI=1S/C16H22N4O/c1-12(2)7-9-19(3)16(21)15-8-10-20(18-15)14-6-4-5-13(17)11-14/h4-6,8,10-12H,7,9,17H2,1-3H3. The van der Waals surface area contributed by atoms with Crippen LogP contribution in [-0.2, 0) is 0 Å². The van der Waals surface area contributed by atoms with Crippen molar-refractivity contribution in [3.8, 4) is 5.69 Å². The van der Waals surface area contributed by atoms with E-state index in [9.17, 15) is 4.79 Å². The van der Waals surface area contributed by atoms with E-state index in [4.69, 9.17) is 5.73 Å². The van der Waals surface area contributed by atoms with E-state index in [0.29, 0.717) is 17.3 Å². The van der Waals surface area contributed by atoms with Crippen LogP contribution in [0.25, 0.3) is 5.69 Å². The van der Waals surface area contributed by atoms with Gasteiger partial charge < -0.3 is 10.6 Å². The average Bonchev–Trinajstić information content (AvgIpc) is 2.93. The lowest BCUT2D eigenvalue weighted by Gasteiger charge is -2.16. The number of carbonyl (C=O) groups is 1. The van der Waals surface area contributed by atoms with Crippen LogP contribution in [0, 0.1) is 5.92 Å². The maximum absolute atomic E-state index is 12.3. The molecule has 5 nitrogen and oxygen atoms in total. The highest BCUT2D eigenvalue weighted by Crippen LogP contribution is 2.12. The molecule has 2 N–H and O–H groups in total. The molecule has 5 heteroatoms. The van der Waals surface area contributed by atoms with Gasteiger partial charge in [0.1, 0.15) is 0 Å². The number of carbonyl (C=O) groups excluding carboxylic acids is 1. The number of aromatic nitrogens is 2. The fraction of sp³-hybridized carbons (Fsp3) is 0.375. The third-order valence-corrected chi connectivity index (χ3v) is 3.33. The topological polar surface area (TPSA) is 64.2 Å². The molecule has 2 aromatic rings. The lowest BCUT2D eigenvalue weighted by atomic mass is 10.1. The lowest BCUT2D eigenvalue weighted by molar-refractivity contribution is 0.0783. The van der Waals surface area contributed by atoms with Gasteiger partial charge in [-0.1, -0.05) is 19.9 Å². The zero-order valence-electron chi connectivity index (χ0n) is 12.8. The maximum Gasteiger partial charge on any atom is 0.274 e. The van der Waals surface area contributed by atoms with Gasteiger partial charge in [-0.25, -0.2) is 4.68 Å². The highest BCUT2D eigenvalue weighted by atomic mass is 16.2. The van der Waals surface area contributed by atoms with Crippen molar-refractivity contribution in [1.82, 2.24) is 14.7 Å². The second-order valence-electron chi connectivity index (χ2n) is 5.65. The highest BCUT2D eigenvalue weighted by Gasteiger charge is 2.15. The Morgan fingerprint density at radius 1 is 1.38 bits per heavy atom. The Hall–Kier alpha value is -2.30. The van der Waals surface area contributed by atoms with Gasteiger partial charge in [0.2, 0.25) is 0 Å². The van der Waals surface area contributed by atoms with Gasteiger partial charge in [-0.3, -0.25) is 4.79 Å². The van der Waals surface area contributed by atoms with Crippen molar-refractivity contribution in [2.45, 2.75) is 20.3 Å². The Labute approximate surface area is 125 Å². The third-order valence-electron chi connectivity index (χ3n) is 3.33. The minimum atomic E-state index is -0.0571. The molecule has 1 heterocycles. The van der Waals surface area contributed by atoms with Crippen molar-refractivity contribution >= 4 is 11.6 Å². The second kappa shape index (κ2) is 6.43. The Kier molecular flexibility index (Phi) is 4.62. The summed E-state index contributed by atoms with van der Waals surface area (Å²) in [5.41, 5.74) is 7.73. The van der Waals surface area contributed by atoms with E-state index in [2.05, 4.69) is 18.9 Å². The van der Waals surface area contributed by atoms with E-state index in [1.54, 1.807) is 21.8 Å². The number of benzene rings is 1. The van der Waals surface area contributed by atoms with Gasteiger partial charge in [-0.05, 0) is 36.6 Å². The Morgan fingerprint density at radius 2 is 2.14 bits per heavy atom. The first-order chi connectivity index (χ1) is 9.97. The molecule has 0 bridgehead atoms. The molecule has 1 aromatic heterocycles. The molecular formula is C16H22N4O. The van der Waals surface area contributed by atoms with Gasteiger partial charge in [-0.2, -0.15) is 5.10 Å². The minimum absolute atomic E-state index is 0.0571. The average molecular weight is 286 g/mol. The minimum Gasteiger partial charge on any atom is -0.399 e. The zero-order chi connectivity index (χ0) is 15.4. The smallest absolute Gasteiger partial charge is 0.274 e. The Balaban J connectivity index is 2.10. The Morgan fingerprint density at radius 3 is 2.81 bits per heavy atom. The zero-order valence-corrected chi connectivity index (χ0v) is 12.8. The summed E-state index contributed by atoms with van der Waals surface area (Å²) >= 11 is 0. The number of hydrogen-bond acceptors (Lipinski definition) is 3. The molecule has 0 aliphatic rings. The summed E-state index contributed by atoms with van der Waals surface area (Å²) in [5, 5.41) is 4.34. The van der Waals surface area contributed by atoms with Crippen molar-refractivity contribution in [2.75, 3.05) is 19.3 Å². The van der Waals surface area contributed by atoms with Crippen LogP contribution in [-0.4, -0.2) is 34.2 Å². The predicted octanol–water partition coefficient (Wildman–Crippen LogP) is 2.57. The molecule has 112 valence electrons. The summed E-state index contributed by atoms with van der Waals surface area (Å²) in [7, 11) is 1.81. The number of nitrogens with zero attached hydrogens (tertiary/aromatic N) is 3. The second-order valence-corrected chi connectivity index (χ2v) is 5.65. The van der Waals surface area contributed by atoms with Crippen LogP contribution in [0.4, 0.5) is 5.69 Å². The third kappa shape index (κ3) is 3.84. The van der Waals surface area contributed by atoms with E-state index in [-0.39, 0.29) is 5.91 Å². The van der Waals surface area contributed by atoms with E-state index >= 15 is 0 Å². The number of anilines is 1. The summed E-state index contributed by atoms with van der Waals surface area (Å²) in [5.74, 6) is 0.517. The molecule has 0 spiro atoms. The van der Waals surface area contributed by atoms with Crippen molar-refractivity contribution in [3.05, 3.63) is 42.2 Å². The summed E-state index contributed by atoms with van der Waals surface area (Å²) in [6.45, 7) is 5.03. The van der Waals surface area contributed by atoms with Crippen molar-refractivity contribution in [3.63, 3.8) is 0 Å². The van der Waals surface area contributed by atoms with E-state index < -0.39 is 0 Å². The number of nitrogen functional groups attached to an aromatic ring is 1. The fourth-order valence-corrected chi connectivity index (χ4v) is 2.00. The molecule has 1 aromatic carbocycles. The summed E-state index contributed by atoms with van der Waals surface area (Å²) in [6.07, 6.45) is 2.76. The summed E-state index contributed by atoms with van der Waals surface area (Å²) in [6, 6.07) is 9.14. The molecule has 0 fully saturated rings. The highest BCUT2D eigenvalue weighted by molar-refractivity contribution is 5.92. The molecule has 21 heavy (non-hydrogen) atoms.